The molecule has 1 heterocycles. The summed E-state index contributed by atoms with van der Waals surface area (Å²) in [5, 5.41) is 8.65. The number of hydrogen-bond donors (Lipinski definition) is 1. The largest absolute Gasteiger partial charge is 0.481 e. The summed E-state index contributed by atoms with van der Waals surface area (Å²) < 4.78 is 13.1. The number of nitrogens with zero attached hydrogens (tertiary/aromatic N) is 2. The van der Waals surface area contributed by atoms with Gasteiger partial charge < -0.3 is 14.9 Å². The standard InChI is InChI=1S/C14H17FN2O3/c1-16(7-10-3-2-4-12(15)5-10)14(20)17-8-11(9-17)6-13(18)19/h2-5,11H,6-9H2,1H3,(H,18,19). The lowest BCUT2D eigenvalue weighted by atomic mass is 9.97. The molecule has 1 aromatic rings. The molecule has 1 N–H and O–H groups in total. The van der Waals surface area contributed by atoms with Gasteiger partial charge in [0.1, 0.15) is 5.82 Å². The van der Waals surface area contributed by atoms with E-state index in [1.807, 2.05) is 0 Å². The van der Waals surface area contributed by atoms with Gasteiger partial charge in [0.25, 0.3) is 0 Å². The lowest BCUT2D eigenvalue weighted by Gasteiger charge is -2.40. The third-order valence-corrected chi connectivity index (χ3v) is 3.33. The van der Waals surface area contributed by atoms with E-state index in [1.54, 1.807) is 24.1 Å². The first-order valence-corrected chi connectivity index (χ1v) is 6.42. The van der Waals surface area contributed by atoms with Gasteiger partial charge in [-0.3, -0.25) is 4.79 Å². The summed E-state index contributed by atoms with van der Waals surface area (Å²) in [4.78, 5) is 25.7. The molecule has 0 saturated carbocycles. The molecule has 0 unspecified atom stereocenters. The second-order valence-electron chi connectivity index (χ2n) is 5.14. The van der Waals surface area contributed by atoms with Gasteiger partial charge in [-0.2, -0.15) is 0 Å². The van der Waals surface area contributed by atoms with Gasteiger partial charge >= 0.3 is 12.0 Å². The first-order valence-electron chi connectivity index (χ1n) is 6.42. The van der Waals surface area contributed by atoms with Crippen molar-refractivity contribution in [2.75, 3.05) is 20.1 Å². The third-order valence-electron chi connectivity index (χ3n) is 3.33. The highest BCUT2D eigenvalue weighted by Gasteiger charge is 2.33. The van der Waals surface area contributed by atoms with Crippen LogP contribution in [0, 0.1) is 11.7 Å². The van der Waals surface area contributed by atoms with Crippen LogP contribution in [0.2, 0.25) is 0 Å². The number of urea groups is 1. The molecule has 1 fully saturated rings. The fourth-order valence-electron chi connectivity index (χ4n) is 2.32. The highest BCUT2D eigenvalue weighted by molar-refractivity contribution is 5.75. The van der Waals surface area contributed by atoms with Gasteiger partial charge in [0.05, 0.1) is 6.42 Å². The van der Waals surface area contributed by atoms with Crippen LogP contribution in [0.1, 0.15) is 12.0 Å². The number of halogens is 1. The Labute approximate surface area is 116 Å². The van der Waals surface area contributed by atoms with Gasteiger partial charge in [-0.25, -0.2) is 9.18 Å². The smallest absolute Gasteiger partial charge is 0.320 e. The maximum Gasteiger partial charge on any atom is 0.320 e. The van der Waals surface area contributed by atoms with E-state index in [9.17, 15) is 14.0 Å². The Balaban J connectivity index is 1.83. The zero-order valence-electron chi connectivity index (χ0n) is 11.3. The average molecular weight is 280 g/mol. The predicted octanol–water partition coefficient (Wildman–Crippen LogP) is 1.78. The van der Waals surface area contributed by atoms with Crippen molar-refractivity contribution in [1.29, 1.82) is 0 Å². The van der Waals surface area contributed by atoms with Gasteiger partial charge in [-0.1, -0.05) is 12.1 Å². The minimum atomic E-state index is -0.838. The summed E-state index contributed by atoms with van der Waals surface area (Å²) in [6.07, 6.45) is 0.0946. The molecule has 5 nitrogen and oxygen atoms in total. The Morgan fingerprint density at radius 2 is 2.15 bits per heavy atom. The number of benzene rings is 1. The number of amides is 2. The van der Waals surface area contributed by atoms with Gasteiger partial charge in [0.15, 0.2) is 0 Å². The molecule has 0 atom stereocenters. The highest BCUT2D eigenvalue weighted by Crippen LogP contribution is 2.20. The van der Waals surface area contributed by atoms with Crippen LogP contribution in [0.15, 0.2) is 24.3 Å². The fraction of sp³-hybridized carbons (Fsp3) is 0.429. The molecule has 0 aromatic heterocycles. The van der Waals surface area contributed by atoms with E-state index in [1.165, 1.54) is 17.0 Å². The molecule has 0 radical (unpaired) electrons. The molecule has 6 heteroatoms. The van der Waals surface area contributed by atoms with Crippen molar-refractivity contribution in [3.63, 3.8) is 0 Å². The van der Waals surface area contributed by atoms with Gasteiger partial charge in [0, 0.05) is 32.6 Å². The number of likely N-dealkylation sites (tertiary alicyclic amines) is 1. The summed E-state index contributed by atoms with van der Waals surface area (Å²) in [6.45, 7) is 1.27. The number of aliphatic carboxylic acids is 1. The van der Waals surface area contributed by atoms with Crippen molar-refractivity contribution >= 4 is 12.0 Å². The Bertz CT molecular complexity index is 515. The molecule has 1 aliphatic heterocycles. The third kappa shape index (κ3) is 3.46. The lowest BCUT2D eigenvalue weighted by molar-refractivity contribution is -0.139. The molecular weight excluding hydrogens is 263 g/mol. The van der Waals surface area contributed by atoms with Crippen LogP contribution in [0.3, 0.4) is 0 Å². The molecule has 0 bridgehead atoms. The Hall–Kier alpha value is -2.11. The molecule has 0 aliphatic carbocycles. The lowest BCUT2D eigenvalue weighted by Crippen LogP contribution is -2.54. The van der Waals surface area contributed by atoms with E-state index in [0.717, 1.165) is 5.56 Å². The predicted molar refractivity (Wildman–Crippen MR) is 70.6 cm³/mol. The van der Waals surface area contributed by atoms with Crippen LogP contribution >= 0.6 is 0 Å². The summed E-state index contributed by atoms with van der Waals surface area (Å²) in [7, 11) is 1.65. The zero-order chi connectivity index (χ0) is 14.7. The molecule has 1 aliphatic rings. The maximum absolute atomic E-state index is 13.1. The van der Waals surface area contributed by atoms with Crippen molar-refractivity contribution < 1.29 is 19.1 Å². The average Bonchev–Trinajstić information content (AvgIpc) is 2.32. The monoisotopic (exact) mass is 280 g/mol. The van der Waals surface area contributed by atoms with Gasteiger partial charge in [0.2, 0.25) is 0 Å². The summed E-state index contributed by atoms with van der Waals surface area (Å²) >= 11 is 0. The van der Waals surface area contributed by atoms with E-state index in [4.69, 9.17) is 5.11 Å². The SMILES string of the molecule is CN(Cc1cccc(F)c1)C(=O)N1CC(CC(=O)O)C1. The van der Waals surface area contributed by atoms with Crippen LogP contribution < -0.4 is 0 Å². The van der Waals surface area contributed by atoms with Crippen molar-refractivity contribution in [2.24, 2.45) is 5.92 Å². The Morgan fingerprint density at radius 3 is 2.75 bits per heavy atom. The topological polar surface area (TPSA) is 60.9 Å². The number of carboxylic acid groups (broad SMARTS) is 1. The van der Waals surface area contributed by atoms with E-state index in [0.29, 0.717) is 19.6 Å². The van der Waals surface area contributed by atoms with E-state index in [2.05, 4.69) is 0 Å². The summed E-state index contributed by atoms with van der Waals surface area (Å²) in [5.41, 5.74) is 0.725. The first kappa shape index (κ1) is 14.3. The number of carboxylic acids is 1. The quantitative estimate of drug-likeness (QED) is 0.914. The molecule has 1 saturated heterocycles. The van der Waals surface area contributed by atoms with Crippen LogP contribution in [-0.4, -0.2) is 47.0 Å². The minimum Gasteiger partial charge on any atom is -0.481 e. The van der Waals surface area contributed by atoms with Crippen LogP contribution in [0.4, 0.5) is 9.18 Å². The molecule has 0 spiro atoms. The van der Waals surface area contributed by atoms with Crippen molar-refractivity contribution in [1.82, 2.24) is 9.80 Å². The van der Waals surface area contributed by atoms with Crippen LogP contribution in [-0.2, 0) is 11.3 Å². The maximum atomic E-state index is 13.1. The van der Waals surface area contributed by atoms with E-state index in [-0.39, 0.29) is 24.2 Å². The molecule has 2 rings (SSSR count). The second-order valence-corrected chi connectivity index (χ2v) is 5.14. The molecule has 108 valence electrons. The number of rotatable bonds is 4. The molecule has 20 heavy (non-hydrogen) atoms. The molecule has 2 amide bonds. The summed E-state index contributed by atoms with van der Waals surface area (Å²) in [5.74, 6) is -1.12. The zero-order valence-corrected chi connectivity index (χ0v) is 11.3. The molecule has 1 aromatic carbocycles. The number of carbonyl (C=O) groups is 2. The van der Waals surface area contributed by atoms with E-state index >= 15 is 0 Å². The van der Waals surface area contributed by atoms with Crippen molar-refractivity contribution in [3.05, 3.63) is 35.6 Å². The van der Waals surface area contributed by atoms with Crippen LogP contribution in [0.5, 0.6) is 0 Å². The Kier molecular flexibility index (Phi) is 4.22. The van der Waals surface area contributed by atoms with Crippen molar-refractivity contribution in [2.45, 2.75) is 13.0 Å². The van der Waals surface area contributed by atoms with Crippen molar-refractivity contribution in [3.8, 4) is 0 Å². The van der Waals surface area contributed by atoms with Gasteiger partial charge in [-0.05, 0) is 17.7 Å². The normalized spacial score (nSPS) is 14.8. The number of carbonyl (C=O) groups excluding carboxylic acids is 1. The first-order chi connectivity index (χ1) is 9.45. The van der Waals surface area contributed by atoms with Gasteiger partial charge in [-0.15, -0.1) is 0 Å². The second kappa shape index (κ2) is 5.90. The fourth-order valence-corrected chi connectivity index (χ4v) is 2.32. The molecular formula is C14H17FN2O3. The Morgan fingerprint density at radius 1 is 1.45 bits per heavy atom. The van der Waals surface area contributed by atoms with E-state index < -0.39 is 5.97 Å². The minimum absolute atomic E-state index is 0.0408. The van der Waals surface area contributed by atoms with Crippen LogP contribution in [0.25, 0.3) is 0 Å². The summed E-state index contributed by atoms with van der Waals surface area (Å²) in [6, 6.07) is 5.96. The highest BCUT2D eigenvalue weighted by atomic mass is 19.1. The number of hydrogen-bond acceptors (Lipinski definition) is 2.